The number of carbonyl (C=O) groups excluding carboxylic acids is 2. The minimum atomic E-state index is -0.884. The van der Waals surface area contributed by atoms with Gasteiger partial charge in [0.25, 0.3) is 0 Å². The van der Waals surface area contributed by atoms with E-state index in [-0.39, 0.29) is 12.2 Å². The lowest BCUT2D eigenvalue weighted by Crippen LogP contribution is -2.27. The van der Waals surface area contributed by atoms with E-state index in [1.54, 1.807) is 24.3 Å². The van der Waals surface area contributed by atoms with E-state index in [9.17, 15) is 9.59 Å². The fourth-order valence-electron chi connectivity index (χ4n) is 1.26. The van der Waals surface area contributed by atoms with Gasteiger partial charge in [-0.25, -0.2) is 0 Å². The zero-order valence-corrected chi connectivity index (χ0v) is 8.93. The number of nitrogens with zero attached hydrogens (tertiary/aromatic N) is 1. The Hall–Kier alpha value is -2.15. The smallest absolute Gasteiger partial charge is 0.235 e. The summed E-state index contributed by atoms with van der Waals surface area (Å²) in [6.07, 6.45) is -0.0893. The number of ketones is 1. The third-order valence-corrected chi connectivity index (χ3v) is 2.14. The number of nitrogens with one attached hydrogen (secondary N) is 1. The second-order valence-electron chi connectivity index (χ2n) is 3.38. The third-order valence-electron chi connectivity index (χ3n) is 2.14. The summed E-state index contributed by atoms with van der Waals surface area (Å²) in [5, 5.41) is 11.1. The first-order valence-corrected chi connectivity index (χ1v) is 4.88. The largest absolute Gasteiger partial charge is 0.325 e. The highest BCUT2D eigenvalue weighted by atomic mass is 16.2. The monoisotopic (exact) mass is 216 g/mol. The van der Waals surface area contributed by atoms with Crippen molar-refractivity contribution in [2.75, 3.05) is 5.32 Å². The van der Waals surface area contributed by atoms with E-state index in [0.717, 1.165) is 0 Å². The average Bonchev–Trinajstić information content (AvgIpc) is 2.26. The van der Waals surface area contributed by atoms with E-state index in [0.29, 0.717) is 5.69 Å². The molecule has 16 heavy (non-hydrogen) atoms. The molecule has 0 heterocycles. The Kier molecular flexibility index (Phi) is 4.22. The van der Waals surface area contributed by atoms with Crippen molar-refractivity contribution in [1.82, 2.24) is 0 Å². The van der Waals surface area contributed by atoms with Crippen LogP contribution in [0.1, 0.15) is 13.3 Å². The van der Waals surface area contributed by atoms with Gasteiger partial charge in [-0.05, 0) is 19.1 Å². The second-order valence-corrected chi connectivity index (χ2v) is 3.38. The predicted molar refractivity (Wildman–Crippen MR) is 59.5 cm³/mol. The van der Waals surface area contributed by atoms with Gasteiger partial charge >= 0.3 is 0 Å². The molecular formula is C12H12N2O2. The Bertz CT molecular complexity index is 420. The molecule has 0 fully saturated rings. The van der Waals surface area contributed by atoms with Crippen LogP contribution in [0.25, 0.3) is 0 Å². The van der Waals surface area contributed by atoms with Crippen molar-refractivity contribution < 1.29 is 9.59 Å². The summed E-state index contributed by atoms with van der Waals surface area (Å²) in [6, 6.07) is 10.7. The molecular weight excluding hydrogens is 204 g/mol. The van der Waals surface area contributed by atoms with Gasteiger partial charge < -0.3 is 5.32 Å². The molecule has 0 saturated carbocycles. The van der Waals surface area contributed by atoms with Crippen molar-refractivity contribution in [1.29, 1.82) is 5.26 Å². The Labute approximate surface area is 93.9 Å². The molecule has 1 amide bonds. The van der Waals surface area contributed by atoms with Crippen LogP contribution in [0.5, 0.6) is 0 Å². The maximum Gasteiger partial charge on any atom is 0.235 e. The Balaban J connectivity index is 2.71. The molecule has 1 unspecified atom stereocenters. The van der Waals surface area contributed by atoms with Crippen molar-refractivity contribution in [3.8, 4) is 6.07 Å². The van der Waals surface area contributed by atoms with Gasteiger partial charge in [-0.15, -0.1) is 0 Å². The number of hydrogen-bond acceptors (Lipinski definition) is 3. The van der Waals surface area contributed by atoms with Gasteiger partial charge in [-0.1, -0.05) is 18.2 Å². The van der Waals surface area contributed by atoms with Crippen molar-refractivity contribution in [3.05, 3.63) is 30.3 Å². The molecule has 1 N–H and O–H groups in total. The summed E-state index contributed by atoms with van der Waals surface area (Å²) in [5.41, 5.74) is 0.622. The van der Waals surface area contributed by atoms with Crippen molar-refractivity contribution >= 4 is 17.4 Å². The van der Waals surface area contributed by atoms with Crippen molar-refractivity contribution in [2.45, 2.75) is 13.3 Å². The topological polar surface area (TPSA) is 70.0 Å². The van der Waals surface area contributed by atoms with Crippen molar-refractivity contribution in [3.63, 3.8) is 0 Å². The number of nitriles is 1. The van der Waals surface area contributed by atoms with Gasteiger partial charge in [0.05, 0.1) is 12.5 Å². The summed E-state index contributed by atoms with van der Waals surface area (Å²) in [5.74, 6) is -1.61. The SMILES string of the molecule is CC(=O)C(CC#N)C(=O)Nc1ccccc1. The molecule has 1 atom stereocenters. The molecule has 1 aromatic rings. The number of para-hydroxylation sites is 1. The van der Waals surface area contributed by atoms with Crippen LogP contribution >= 0.6 is 0 Å². The van der Waals surface area contributed by atoms with E-state index in [1.165, 1.54) is 6.92 Å². The highest BCUT2D eigenvalue weighted by Gasteiger charge is 2.22. The lowest BCUT2D eigenvalue weighted by atomic mass is 10.0. The molecule has 0 spiro atoms. The summed E-state index contributed by atoms with van der Waals surface area (Å²) in [7, 11) is 0. The number of anilines is 1. The van der Waals surface area contributed by atoms with Gasteiger partial charge in [-0.2, -0.15) is 5.26 Å². The molecule has 82 valence electrons. The summed E-state index contributed by atoms with van der Waals surface area (Å²) in [4.78, 5) is 22.8. The number of rotatable bonds is 4. The number of amides is 1. The molecule has 0 radical (unpaired) electrons. The number of hydrogen-bond donors (Lipinski definition) is 1. The van der Waals surface area contributed by atoms with Crippen LogP contribution in [-0.4, -0.2) is 11.7 Å². The van der Waals surface area contributed by atoms with Crippen molar-refractivity contribution in [2.24, 2.45) is 5.92 Å². The number of benzene rings is 1. The van der Waals surface area contributed by atoms with Crippen LogP contribution in [0.15, 0.2) is 30.3 Å². The van der Waals surface area contributed by atoms with Gasteiger partial charge in [0.1, 0.15) is 11.7 Å². The van der Waals surface area contributed by atoms with Gasteiger partial charge in [-0.3, -0.25) is 9.59 Å². The first-order chi connectivity index (χ1) is 7.65. The molecule has 0 aliphatic rings. The highest BCUT2D eigenvalue weighted by Crippen LogP contribution is 2.10. The molecule has 0 bridgehead atoms. The summed E-state index contributed by atoms with van der Waals surface area (Å²) >= 11 is 0. The van der Waals surface area contributed by atoms with Crippen LogP contribution in [0.2, 0.25) is 0 Å². The molecule has 0 aromatic heterocycles. The first kappa shape index (κ1) is 11.9. The summed E-state index contributed by atoms with van der Waals surface area (Å²) < 4.78 is 0. The molecule has 0 aliphatic heterocycles. The van der Waals surface area contributed by atoms with Gasteiger partial charge in [0, 0.05) is 5.69 Å². The van der Waals surface area contributed by atoms with Crippen LogP contribution in [0, 0.1) is 17.2 Å². The Morgan fingerprint density at radius 2 is 2.00 bits per heavy atom. The van der Waals surface area contributed by atoms with Crippen LogP contribution in [0.3, 0.4) is 0 Å². The summed E-state index contributed by atoms with van der Waals surface area (Å²) in [6.45, 7) is 1.31. The van der Waals surface area contributed by atoms with E-state index in [4.69, 9.17) is 5.26 Å². The minimum absolute atomic E-state index is 0.0893. The quantitative estimate of drug-likeness (QED) is 0.779. The lowest BCUT2D eigenvalue weighted by molar-refractivity contribution is -0.129. The second kappa shape index (κ2) is 5.66. The number of carbonyl (C=O) groups is 2. The normalized spacial score (nSPS) is 11.2. The van der Waals surface area contributed by atoms with Crippen LogP contribution in [-0.2, 0) is 9.59 Å². The van der Waals surface area contributed by atoms with E-state index in [1.807, 2.05) is 12.1 Å². The molecule has 0 aliphatic carbocycles. The van der Waals surface area contributed by atoms with Gasteiger partial charge in [0.15, 0.2) is 0 Å². The fourth-order valence-corrected chi connectivity index (χ4v) is 1.26. The minimum Gasteiger partial charge on any atom is -0.325 e. The van der Waals surface area contributed by atoms with Crippen LogP contribution in [0.4, 0.5) is 5.69 Å². The maximum absolute atomic E-state index is 11.7. The standard InChI is InChI=1S/C12H12N2O2/c1-9(15)11(7-8-13)12(16)14-10-5-3-2-4-6-10/h2-6,11H,7H2,1H3,(H,14,16). The highest BCUT2D eigenvalue weighted by molar-refractivity contribution is 6.06. The molecule has 0 saturated heterocycles. The zero-order chi connectivity index (χ0) is 12.0. The van der Waals surface area contributed by atoms with E-state index < -0.39 is 11.8 Å². The van der Waals surface area contributed by atoms with E-state index in [2.05, 4.69) is 5.32 Å². The lowest BCUT2D eigenvalue weighted by Gasteiger charge is -2.10. The Morgan fingerprint density at radius 1 is 1.38 bits per heavy atom. The predicted octanol–water partition coefficient (Wildman–Crippen LogP) is 1.74. The maximum atomic E-state index is 11.7. The fraction of sp³-hybridized carbons (Fsp3) is 0.250. The van der Waals surface area contributed by atoms with Gasteiger partial charge in [0.2, 0.25) is 5.91 Å². The first-order valence-electron chi connectivity index (χ1n) is 4.88. The molecule has 4 nitrogen and oxygen atoms in total. The van der Waals surface area contributed by atoms with E-state index >= 15 is 0 Å². The zero-order valence-electron chi connectivity index (χ0n) is 8.93. The average molecular weight is 216 g/mol. The molecule has 1 rings (SSSR count). The third kappa shape index (κ3) is 3.21. The van der Waals surface area contributed by atoms with Crippen LogP contribution < -0.4 is 5.32 Å². The Morgan fingerprint density at radius 3 is 2.50 bits per heavy atom. The molecule has 1 aromatic carbocycles. The number of Topliss-reactive ketones (excluding diaryl/α,β-unsaturated/α-hetero) is 1. The molecule has 4 heteroatoms.